The molecule has 0 aromatic heterocycles. The Bertz CT molecular complexity index is 1790. The van der Waals surface area contributed by atoms with E-state index in [2.05, 4.69) is 17.3 Å². The number of β-lactam (4-membered cyclic amide) rings is 1. The van der Waals surface area contributed by atoms with E-state index in [1.807, 2.05) is 35.5 Å². The molecule has 5 rings (SSSR count). The first-order chi connectivity index (χ1) is 22.7. The monoisotopic (exact) mass is 706 g/mol. The molecule has 256 valence electrons. The third kappa shape index (κ3) is 6.50. The smallest absolute Gasteiger partial charge is 0.461 e. The van der Waals surface area contributed by atoms with Gasteiger partial charge in [-0.05, 0) is 53.3 Å². The van der Waals surface area contributed by atoms with Crippen molar-refractivity contribution in [3.8, 4) is 11.1 Å². The van der Waals surface area contributed by atoms with Crippen LogP contribution in [-0.4, -0.2) is 69.1 Å². The molecule has 4 atom stereocenters. The number of carbonyl (C=O) groups excluding carboxylic acids is 3. The lowest BCUT2D eigenvalue weighted by molar-refractivity contribution is -0.168. The first-order valence-corrected chi connectivity index (χ1v) is 17.1. The van der Waals surface area contributed by atoms with Crippen LogP contribution in [0.5, 0.6) is 0 Å². The van der Waals surface area contributed by atoms with Gasteiger partial charge < -0.3 is 18.7 Å². The summed E-state index contributed by atoms with van der Waals surface area (Å²) >= 11 is 1.37. The van der Waals surface area contributed by atoms with E-state index in [1.54, 1.807) is 25.1 Å². The molecule has 1 amide bonds. The molecular weight excluding hydrogens is 673 g/mol. The Hall–Kier alpha value is -4.08. The van der Waals surface area contributed by atoms with Crippen molar-refractivity contribution in [1.29, 1.82) is 0 Å². The van der Waals surface area contributed by atoms with Crippen molar-refractivity contribution in [3.63, 3.8) is 0 Å². The van der Waals surface area contributed by atoms with Gasteiger partial charge in [0.05, 0.1) is 36.7 Å². The van der Waals surface area contributed by atoms with Gasteiger partial charge in [-0.2, -0.15) is 21.6 Å². The Morgan fingerprint density at radius 3 is 2.44 bits per heavy atom. The van der Waals surface area contributed by atoms with E-state index in [4.69, 9.17) is 9.47 Å². The molecule has 0 radical (unpaired) electrons. The molecule has 0 saturated carbocycles. The Morgan fingerprint density at radius 1 is 1.06 bits per heavy atom. The number of hydrogen-bond donors (Lipinski definition) is 0. The average molecular weight is 707 g/mol. The number of amides is 1. The van der Waals surface area contributed by atoms with Crippen molar-refractivity contribution in [2.24, 2.45) is 17.8 Å². The lowest BCUT2D eigenvalue weighted by Crippen LogP contribution is -2.63. The van der Waals surface area contributed by atoms with Crippen molar-refractivity contribution in [2.75, 3.05) is 30.7 Å². The zero-order chi connectivity index (χ0) is 35.0. The van der Waals surface area contributed by atoms with Crippen molar-refractivity contribution in [3.05, 3.63) is 84.6 Å². The molecule has 2 aromatic carbocycles. The number of alkyl halides is 3. The lowest BCUT2D eigenvalue weighted by Gasteiger charge is -2.47. The predicted octanol–water partition coefficient (Wildman–Crippen LogP) is 5.41. The minimum atomic E-state index is -5.70. The quantitative estimate of drug-likeness (QED) is 0.0668. The molecular formula is C33H33F3N2O8S2. The van der Waals surface area contributed by atoms with E-state index < -0.39 is 52.0 Å². The fraction of sp³-hybridized carbons (Fsp3) is 0.364. The molecule has 0 N–H and O–H groups in total. The molecule has 48 heavy (non-hydrogen) atoms. The van der Waals surface area contributed by atoms with E-state index in [0.717, 1.165) is 21.7 Å². The summed E-state index contributed by atoms with van der Waals surface area (Å²) in [6, 6.07) is 12.2. The number of ether oxygens (including phenoxy) is 2. The van der Waals surface area contributed by atoms with Gasteiger partial charge in [0.1, 0.15) is 18.9 Å². The zero-order valence-electron chi connectivity index (χ0n) is 26.1. The van der Waals surface area contributed by atoms with Crippen LogP contribution in [0.2, 0.25) is 0 Å². The molecule has 10 nitrogen and oxygen atoms in total. The SMILES string of the molecule is C=CCOC(=O)C1=C(CN2Sc3ccc(CCOS(=O)(=O)C(F)(F)F)cc3-c3ccccc32)[C@H](C)C2[C@@H](C(C)C(=O)OCC=C)C(=O)N12. The van der Waals surface area contributed by atoms with Crippen LogP contribution in [0.25, 0.3) is 11.1 Å². The van der Waals surface area contributed by atoms with Gasteiger partial charge in [0.15, 0.2) is 0 Å². The molecule has 15 heteroatoms. The topological polar surface area (TPSA) is 120 Å². The highest BCUT2D eigenvalue weighted by atomic mass is 32.2. The molecule has 3 aliphatic heterocycles. The fourth-order valence-corrected chi connectivity index (χ4v) is 7.73. The maximum atomic E-state index is 13.5. The summed E-state index contributed by atoms with van der Waals surface area (Å²) in [5, 5.41) is 0. The molecule has 2 unspecified atom stereocenters. The Kier molecular flexibility index (Phi) is 10.1. The Balaban J connectivity index is 1.42. The number of fused-ring (bicyclic) bond motifs is 4. The van der Waals surface area contributed by atoms with Crippen LogP contribution in [0.1, 0.15) is 19.4 Å². The molecule has 2 aromatic rings. The third-order valence-corrected chi connectivity index (χ3v) is 10.7. The number of hydrogen-bond acceptors (Lipinski definition) is 10. The first-order valence-electron chi connectivity index (χ1n) is 15.0. The van der Waals surface area contributed by atoms with E-state index in [9.17, 15) is 36.0 Å². The summed E-state index contributed by atoms with van der Waals surface area (Å²) < 4.78 is 77.4. The Labute approximate surface area is 280 Å². The van der Waals surface area contributed by atoms with Crippen molar-refractivity contribution in [2.45, 2.75) is 36.7 Å². The van der Waals surface area contributed by atoms with E-state index in [-0.39, 0.29) is 43.7 Å². The van der Waals surface area contributed by atoms with Crippen LogP contribution < -0.4 is 4.31 Å². The highest BCUT2D eigenvalue weighted by molar-refractivity contribution is 8.01. The summed E-state index contributed by atoms with van der Waals surface area (Å²) in [6.45, 7) is 10.2. The van der Waals surface area contributed by atoms with Crippen LogP contribution in [0.4, 0.5) is 18.9 Å². The minimum Gasteiger partial charge on any atom is -0.461 e. The van der Waals surface area contributed by atoms with Gasteiger partial charge in [-0.15, -0.1) is 0 Å². The lowest BCUT2D eigenvalue weighted by atomic mass is 9.74. The van der Waals surface area contributed by atoms with E-state index >= 15 is 0 Å². The van der Waals surface area contributed by atoms with Crippen molar-refractivity contribution >= 4 is 45.6 Å². The largest absolute Gasteiger partial charge is 0.523 e. The number of esters is 2. The number of benzene rings is 2. The van der Waals surface area contributed by atoms with Gasteiger partial charge in [-0.3, -0.25) is 13.8 Å². The molecule has 0 bridgehead atoms. The average Bonchev–Trinajstić information content (AvgIpc) is 3.29. The van der Waals surface area contributed by atoms with Gasteiger partial charge in [-0.1, -0.05) is 63.4 Å². The van der Waals surface area contributed by atoms with Crippen LogP contribution in [0, 0.1) is 17.8 Å². The maximum Gasteiger partial charge on any atom is 0.523 e. The summed E-state index contributed by atoms with van der Waals surface area (Å²) in [5.74, 6) is -3.36. The van der Waals surface area contributed by atoms with E-state index in [1.165, 1.54) is 29.0 Å². The third-order valence-electron chi connectivity index (χ3n) is 8.52. The summed E-state index contributed by atoms with van der Waals surface area (Å²) in [5.41, 5.74) is -1.78. The predicted molar refractivity (Wildman–Crippen MR) is 172 cm³/mol. The van der Waals surface area contributed by atoms with Crippen molar-refractivity contribution in [1.82, 2.24) is 4.90 Å². The van der Waals surface area contributed by atoms with Gasteiger partial charge in [-0.25, -0.2) is 4.79 Å². The summed E-state index contributed by atoms with van der Waals surface area (Å²) in [4.78, 5) is 41.9. The van der Waals surface area contributed by atoms with Gasteiger partial charge in [0.25, 0.3) is 0 Å². The van der Waals surface area contributed by atoms with Gasteiger partial charge in [0.2, 0.25) is 5.91 Å². The standard InChI is InChI=1S/C33H33F3N2O8S2/c1-5-14-44-31(40)20(4)27-28-19(3)24(29(38(28)30(27)39)32(41)45-15-6-2)18-37-25-10-8-7-9-22(25)23-17-21(11-12-26(23)47-37)13-16-46-48(42,43)33(34,35)36/h5-12,17,19-20,27-28H,1-2,13-16,18H2,3-4H3/t19-,20?,27+,28?/m0/s1. The first kappa shape index (κ1) is 35.2. The van der Waals surface area contributed by atoms with Crippen LogP contribution in [0.15, 0.2) is 83.9 Å². The highest BCUT2D eigenvalue weighted by Crippen LogP contribution is 2.52. The number of anilines is 1. The maximum absolute atomic E-state index is 13.5. The second-order valence-corrected chi connectivity index (χ2v) is 14.1. The number of rotatable bonds is 13. The highest BCUT2D eigenvalue weighted by Gasteiger charge is 2.61. The Morgan fingerprint density at radius 2 is 1.75 bits per heavy atom. The van der Waals surface area contributed by atoms with Crippen LogP contribution in [-0.2, 0) is 44.6 Å². The van der Waals surface area contributed by atoms with Crippen LogP contribution >= 0.6 is 11.9 Å². The molecule has 0 spiro atoms. The molecule has 3 heterocycles. The molecule has 1 saturated heterocycles. The second-order valence-electron chi connectivity index (χ2n) is 11.4. The molecule has 3 aliphatic rings. The minimum absolute atomic E-state index is 0.0128. The number of nitrogens with zero attached hydrogens (tertiary/aromatic N) is 2. The number of carbonyl (C=O) groups is 3. The van der Waals surface area contributed by atoms with Crippen LogP contribution in [0.3, 0.4) is 0 Å². The second kappa shape index (κ2) is 13.8. The summed E-state index contributed by atoms with van der Waals surface area (Å²) in [7, 11) is -5.70. The number of para-hydroxylation sites is 1. The van der Waals surface area contributed by atoms with Crippen molar-refractivity contribution < 1.29 is 49.6 Å². The van der Waals surface area contributed by atoms with E-state index in [0.29, 0.717) is 11.1 Å². The fourth-order valence-electron chi connectivity index (χ4n) is 6.20. The number of halogens is 3. The zero-order valence-corrected chi connectivity index (χ0v) is 27.7. The molecule has 1 fully saturated rings. The normalized spacial score (nSPS) is 20.7. The molecule has 0 aliphatic carbocycles. The van der Waals surface area contributed by atoms with Gasteiger partial charge >= 0.3 is 27.6 Å². The summed E-state index contributed by atoms with van der Waals surface area (Å²) in [6.07, 6.45) is 2.79. The van der Waals surface area contributed by atoms with Gasteiger partial charge in [0, 0.05) is 16.4 Å².